The molecule has 2 rings (SSSR count). The van der Waals surface area contributed by atoms with Gasteiger partial charge in [0.05, 0.1) is 20.6 Å². The predicted molar refractivity (Wildman–Crippen MR) is 60.5 cm³/mol. The molecule has 0 N–H and O–H groups in total. The first-order chi connectivity index (χ1) is 7.01. The zero-order valence-electron chi connectivity index (χ0n) is 8.34. The Balaban J connectivity index is 2.63. The van der Waals surface area contributed by atoms with E-state index in [4.69, 9.17) is 0 Å². The summed E-state index contributed by atoms with van der Waals surface area (Å²) in [5.74, 6) is 0. The first-order valence-electron chi connectivity index (χ1n) is 4.27. The molecule has 0 saturated carbocycles. The van der Waals surface area contributed by atoms with Crippen LogP contribution in [0.5, 0.6) is 0 Å². The van der Waals surface area contributed by atoms with Crippen LogP contribution in [0.1, 0.15) is 0 Å². The Kier molecular flexibility index (Phi) is 2.49. The molecule has 1 heterocycles. The van der Waals surface area contributed by atoms with Crippen LogP contribution in [0.2, 0.25) is 0 Å². The summed E-state index contributed by atoms with van der Waals surface area (Å²) in [7, 11) is -0.294. The maximum atomic E-state index is 11.8. The van der Waals surface area contributed by atoms with Gasteiger partial charge in [-0.25, -0.2) is 17.7 Å². The third kappa shape index (κ3) is 1.75. The summed E-state index contributed by atoms with van der Waals surface area (Å²) in [4.78, 5) is 4.41. The van der Waals surface area contributed by atoms with Crippen molar-refractivity contribution in [3.8, 4) is 0 Å². The van der Waals surface area contributed by atoms with Gasteiger partial charge in [-0.3, -0.25) is 0 Å². The van der Waals surface area contributed by atoms with Gasteiger partial charge >= 0.3 is 0 Å². The largest absolute Gasteiger partial charge is 0.245 e. The standard InChI is InChI=1S/C9H10N2O2S2/c1-11(2)15(12,13)7-3-4-8-9(5-7)14-6-10-8/h3-6H,1-2H3. The van der Waals surface area contributed by atoms with Gasteiger partial charge in [-0.15, -0.1) is 11.3 Å². The third-order valence-corrected chi connectivity index (χ3v) is 4.68. The molecule has 15 heavy (non-hydrogen) atoms. The van der Waals surface area contributed by atoms with E-state index in [1.165, 1.54) is 29.7 Å². The van der Waals surface area contributed by atoms with Gasteiger partial charge in [0, 0.05) is 14.1 Å². The van der Waals surface area contributed by atoms with Crippen molar-refractivity contribution < 1.29 is 8.42 Å². The highest BCUT2D eigenvalue weighted by atomic mass is 32.2. The van der Waals surface area contributed by atoms with E-state index in [0.717, 1.165) is 10.2 Å². The van der Waals surface area contributed by atoms with Crippen LogP contribution >= 0.6 is 11.3 Å². The van der Waals surface area contributed by atoms with Crippen LogP contribution in [-0.2, 0) is 10.0 Å². The average molecular weight is 242 g/mol. The van der Waals surface area contributed by atoms with Gasteiger partial charge < -0.3 is 0 Å². The molecule has 0 spiro atoms. The molecule has 0 aliphatic heterocycles. The number of rotatable bonds is 2. The summed E-state index contributed by atoms with van der Waals surface area (Å²) in [6.45, 7) is 0. The second-order valence-corrected chi connectivity index (χ2v) is 6.31. The average Bonchev–Trinajstić information content (AvgIpc) is 2.63. The molecule has 1 aromatic heterocycles. The number of fused-ring (bicyclic) bond motifs is 1. The first kappa shape index (κ1) is 10.5. The molecule has 0 bridgehead atoms. The number of nitrogens with zero attached hydrogens (tertiary/aromatic N) is 2. The Morgan fingerprint density at radius 3 is 2.73 bits per heavy atom. The number of thiazole rings is 1. The molecule has 4 nitrogen and oxygen atoms in total. The molecule has 2 aromatic rings. The number of sulfonamides is 1. The highest BCUT2D eigenvalue weighted by Gasteiger charge is 2.17. The Morgan fingerprint density at radius 2 is 2.07 bits per heavy atom. The van der Waals surface area contributed by atoms with Gasteiger partial charge in [-0.2, -0.15) is 0 Å². The van der Waals surface area contributed by atoms with Crippen LogP contribution in [0, 0.1) is 0 Å². The normalized spacial score (nSPS) is 12.5. The molecule has 0 amide bonds. The summed E-state index contributed by atoms with van der Waals surface area (Å²) in [5.41, 5.74) is 2.54. The summed E-state index contributed by atoms with van der Waals surface area (Å²) < 4.78 is 25.7. The van der Waals surface area contributed by atoms with E-state index in [9.17, 15) is 8.42 Å². The van der Waals surface area contributed by atoms with Crippen LogP contribution in [0.3, 0.4) is 0 Å². The van der Waals surface area contributed by atoms with Gasteiger partial charge in [0.1, 0.15) is 0 Å². The molecule has 0 saturated heterocycles. The minimum atomic E-state index is -3.33. The van der Waals surface area contributed by atoms with Gasteiger partial charge in [0.25, 0.3) is 0 Å². The molecule has 0 aliphatic rings. The fourth-order valence-electron chi connectivity index (χ4n) is 1.21. The van der Waals surface area contributed by atoms with Gasteiger partial charge in [0.15, 0.2) is 0 Å². The number of benzene rings is 1. The molecule has 0 aliphatic carbocycles. The second-order valence-electron chi connectivity index (χ2n) is 3.27. The van der Waals surface area contributed by atoms with Gasteiger partial charge in [0.2, 0.25) is 10.0 Å². The van der Waals surface area contributed by atoms with Crippen LogP contribution < -0.4 is 0 Å². The fourth-order valence-corrected chi connectivity index (χ4v) is 2.93. The number of hydrogen-bond donors (Lipinski definition) is 0. The molecule has 80 valence electrons. The first-order valence-corrected chi connectivity index (χ1v) is 6.59. The minimum absolute atomic E-state index is 0.309. The van der Waals surface area contributed by atoms with Crippen molar-refractivity contribution >= 4 is 31.6 Å². The van der Waals surface area contributed by atoms with Crippen molar-refractivity contribution in [2.75, 3.05) is 14.1 Å². The summed E-state index contributed by atoms with van der Waals surface area (Å²) >= 11 is 1.44. The Morgan fingerprint density at radius 1 is 1.33 bits per heavy atom. The maximum absolute atomic E-state index is 11.8. The lowest BCUT2D eigenvalue weighted by Gasteiger charge is -2.10. The lowest BCUT2D eigenvalue weighted by molar-refractivity contribution is 0.521. The van der Waals surface area contributed by atoms with Gasteiger partial charge in [-0.05, 0) is 18.2 Å². The molecule has 0 fully saturated rings. The van der Waals surface area contributed by atoms with E-state index >= 15 is 0 Å². The molecule has 0 atom stereocenters. The number of aromatic nitrogens is 1. The molecular weight excluding hydrogens is 232 g/mol. The lowest BCUT2D eigenvalue weighted by Crippen LogP contribution is -2.22. The summed E-state index contributed by atoms with van der Waals surface area (Å²) in [6.07, 6.45) is 0. The van der Waals surface area contributed by atoms with Crippen LogP contribution in [0.25, 0.3) is 10.2 Å². The quantitative estimate of drug-likeness (QED) is 0.802. The summed E-state index contributed by atoms with van der Waals surface area (Å²) in [6, 6.07) is 4.96. The van der Waals surface area contributed by atoms with Crippen molar-refractivity contribution in [2.24, 2.45) is 0 Å². The molecule has 6 heteroatoms. The zero-order valence-corrected chi connectivity index (χ0v) is 9.97. The molecule has 1 aromatic carbocycles. The second kappa shape index (κ2) is 3.55. The smallest absolute Gasteiger partial charge is 0.242 e. The Hall–Kier alpha value is -0.980. The zero-order chi connectivity index (χ0) is 11.1. The summed E-state index contributed by atoms with van der Waals surface area (Å²) in [5, 5.41) is 0. The van der Waals surface area contributed by atoms with Crippen molar-refractivity contribution in [1.29, 1.82) is 0 Å². The van der Waals surface area contributed by atoms with Crippen molar-refractivity contribution in [2.45, 2.75) is 4.90 Å². The van der Waals surface area contributed by atoms with E-state index in [2.05, 4.69) is 4.98 Å². The number of hydrogen-bond acceptors (Lipinski definition) is 4. The van der Waals surface area contributed by atoms with E-state index in [0.29, 0.717) is 4.90 Å². The fraction of sp³-hybridized carbons (Fsp3) is 0.222. The topological polar surface area (TPSA) is 50.3 Å². The lowest BCUT2D eigenvalue weighted by atomic mass is 10.3. The Bertz CT molecular complexity index is 587. The maximum Gasteiger partial charge on any atom is 0.242 e. The Labute approximate surface area is 92.2 Å². The van der Waals surface area contributed by atoms with Crippen LogP contribution in [-0.4, -0.2) is 31.8 Å². The van der Waals surface area contributed by atoms with E-state index in [-0.39, 0.29) is 0 Å². The monoisotopic (exact) mass is 242 g/mol. The van der Waals surface area contributed by atoms with Gasteiger partial charge in [-0.1, -0.05) is 0 Å². The van der Waals surface area contributed by atoms with Crippen molar-refractivity contribution in [3.05, 3.63) is 23.7 Å². The van der Waals surface area contributed by atoms with Crippen molar-refractivity contribution in [3.63, 3.8) is 0 Å². The SMILES string of the molecule is CN(C)S(=O)(=O)c1ccc2ncsc2c1. The molecular formula is C9H10N2O2S2. The highest BCUT2D eigenvalue weighted by molar-refractivity contribution is 7.89. The van der Waals surface area contributed by atoms with E-state index < -0.39 is 10.0 Å². The van der Waals surface area contributed by atoms with E-state index in [1.54, 1.807) is 23.7 Å². The third-order valence-electron chi connectivity index (χ3n) is 2.08. The van der Waals surface area contributed by atoms with Crippen molar-refractivity contribution in [1.82, 2.24) is 9.29 Å². The van der Waals surface area contributed by atoms with Crippen LogP contribution in [0.4, 0.5) is 0 Å². The van der Waals surface area contributed by atoms with Crippen LogP contribution in [0.15, 0.2) is 28.6 Å². The van der Waals surface area contributed by atoms with E-state index in [1.807, 2.05) is 0 Å². The molecule has 0 unspecified atom stereocenters. The predicted octanol–water partition coefficient (Wildman–Crippen LogP) is 1.55. The highest BCUT2D eigenvalue weighted by Crippen LogP contribution is 2.22. The molecule has 0 radical (unpaired) electrons. The minimum Gasteiger partial charge on any atom is -0.245 e.